The molecule has 2 heterocycles. The van der Waals surface area contributed by atoms with Crippen LogP contribution in [-0.4, -0.2) is 12.0 Å². The van der Waals surface area contributed by atoms with Crippen LogP contribution in [0.15, 0.2) is 10.5 Å². The average Bonchev–Trinajstić information content (AvgIpc) is 2.93. The molecule has 0 radical (unpaired) electrons. The average molecular weight is 343 g/mol. The summed E-state index contributed by atoms with van der Waals surface area (Å²) < 4.78 is 1.20. The van der Waals surface area contributed by atoms with Gasteiger partial charge in [-0.2, -0.15) is 0 Å². The Bertz CT molecular complexity index is 554. The monoisotopic (exact) mass is 342 g/mol. The minimum atomic E-state index is 0.447. The van der Waals surface area contributed by atoms with Crippen LogP contribution in [0, 0.1) is 6.92 Å². The molecule has 5 heteroatoms. The molecule has 0 aliphatic heterocycles. The van der Waals surface area contributed by atoms with Gasteiger partial charge < -0.3 is 5.32 Å². The van der Waals surface area contributed by atoms with Gasteiger partial charge in [-0.05, 0) is 55.2 Å². The van der Waals surface area contributed by atoms with Crippen molar-refractivity contribution in [3.8, 4) is 9.88 Å². The van der Waals surface area contributed by atoms with Crippen molar-refractivity contribution in [3.05, 3.63) is 26.0 Å². The number of rotatable bonds is 2. The van der Waals surface area contributed by atoms with E-state index < -0.39 is 0 Å². The maximum atomic E-state index is 4.87. The molecule has 3 rings (SSSR count). The molecular weight excluding hydrogens is 328 g/mol. The van der Waals surface area contributed by atoms with E-state index in [1.54, 1.807) is 0 Å². The van der Waals surface area contributed by atoms with E-state index in [-0.39, 0.29) is 0 Å². The van der Waals surface area contributed by atoms with Crippen LogP contribution in [0.1, 0.15) is 34.3 Å². The standard InChI is InChI=1S/C13H15BrN2S2/c1-7-8(14)6-11(17-7)13-16-12-9(15-2)4-3-5-10(12)18-13/h6,9,15H,3-5H2,1-2H3. The Morgan fingerprint density at radius 2 is 2.28 bits per heavy atom. The summed E-state index contributed by atoms with van der Waals surface area (Å²) in [5.41, 5.74) is 1.28. The fraction of sp³-hybridized carbons (Fsp3) is 0.462. The van der Waals surface area contributed by atoms with E-state index in [4.69, 9.17) is 4.98 Å². The van der Waals surface area contributed by atoms with Crippen molar-refractivity contribution in [2.24, 2.45) is 0 Å². The second-order valence-electron chi connectivity index (χ2n) is 4.58. The van der Waals surface area contributed by atoms with Gasteiger partial charge in [0.2, 0.25) is 0 Å². The number of hydrogen-bond acceptors (Lipinski definition) is 4. The van der Waals surface area contributed by atoms with Gasteiger partial charge in [0.15, 0.2) is 0 Å². The van der Waals surface area contributed by atoms with E-state index in [1.165, 1.54) is 49.1 Å². The van der Waals surface area contributed by atoms with Crippen LogP contribution in [0.2, 0.25) is 0 Å². The summed E-state index contributed by atoms with van der Waals surface area (Å²) in [6.07, 6.45) is 3.67. The van der Waals surface area contributed by atoms with Gasteiger partial charge in [-0.3, -0.25) is 0 Å². The van der Waals surface area contributed by atoms with Crippen molar-refractivity contribution in [3.63, 3.8) is 0 Å². The number of thiazole rings is 1. The summed E-state index contributed by atoms with van der Waals surface area (Å²) in [7, 11) is 2.03. The van der Waals surface area contributed by atoms with Gasteiger partial charge in [-0.25, -0.2) is 4.98 Å². The lowest BCUT2D eigenvalue weighted by molar-refractivity contribution is 0.490. The maximum Gasteiger partial charge on any atom is 0.134 e. The van der Waals surface area contributed by atoms with Gasteiger partial charge in [0.25, 0.3) is 0 Å². The summed E-state index contributed by atoms with van der Waals surface area (Å²) >= 11 is 7.27. The Balaban J connectivity index is 2.02. The number of hydrogen-bond donors (Lipinski definition) is 1. The van der Waals surface area contributed by atoms with Crippen LogP contribution >= 0.6 is 38.6 Å². The number of aryl methyl sites for hydroxylation is 2. The maximum absolute atomic E-state index is 4.87. The number of fused-ring (bicyclic) bond motifs is 1. The molecule has 2 aromatic heterocycles. The smallest absolute Gasteiger partial charge is 0.134 e. The second kappa shape index (κ2) is 5.04. The molecule has 0 saturated heterocycles. The van der Waals surface area contributed by atoms with Crippen LogP contribution in [0.3, 0.4) is 0 Å². The molecule has 0 fully saturated rings. The lowest BCUT2D eigenvalue weighted by atomic mass is 9.98. The quantitative estimate of drug-likeness (QED) is 0.866. The summed E-state index contributed by atoms with van der Waals surface area (Å²) in [4.78, 5) is 8.95. The van der Waals surface area contributed by atoms with E-state index in [0.717, 1.165) is 0 Å². The zero-order chi connectivity index (χ0) is 12.7. The van der Waals surface area contributed by atoms with Gasteiger partial charge in [0.1, 0.15) is 5.01 Å². The second-order valence-corrected chi connectivity index (χ2v) is 7.77. The molecule has 1 N–H and O–H groups in total. The Labute approximate surface area is 124 Å². The minimum Gasteiger partial charge on any atom is -0.312 e. The third-order valence-electron chi connectivity index (χ3n) is 3.37. The molecule has 0 spiro atoms. The van der Waals surface area contributed by atoms with Crippen molar-refractivity contribution >= 4 is 38.6 Å². The Morgan fingerprint density at radius 3 is 2.94 bits per heavy atom. The Hall–Kier alpha value is -0.230. The molecule has 2 aromatic rings. The summed E-state index contributed by atoms with van der Waals surface area (Å²) in [6.45, 7) is 2.14. The Morgan fingerprint density at radius 1 is 1.44 bits per heavy atom. The number of nitrogens with one attached hydrogen (secondary N) is 1. The van der Waals surface area contributed by atoms with Gasteiger partial charge in [-0.1, -0.05) is 0 Å². The number of thiophene rings is 1. The first-order valence-electron chi connectivity index (χ1n) is 6.12. The molecule has 96 valence electrons. The SMILES string of the molecule is CNC1CCCc2sc(-c3cc(Br)c(C)s3)nc21. The van der Waals surface area contributed by atoms with Gasteiger partial charge in [0.05, 0.1) is 16.6 Å². The van der Waals surface area contributed by atoms with E-state index >= 15 is 0 Å². The van der Waals surface area contributed by atoms with Gasteiger partial charge in [-0.15, -0.1) is 22.7 Å². The van der Waals surface area contributed by atoms with Crippen molar-refractivity contribution < 1.29 is 0 Å². The topological polar surface area (TPSA) is 24.9 Å². The third-order valence-corrected chi connectivity index (χ3v) is 6.81. The van der Waals surface area contributed by atoms with E-state index in [9.17, 15) is 0 Å². The molecule has 0 saturated carbocycles. The number of halogens is 1. The molecule has 0 aromatic carbocycles. The van der Waals surface area contributed by atoms with Crippen molar-refractivity contribution in [2.45, 2.75) is 32.2 Å². The summed E-state index contributed by atoms with van der Waals surface area (Å²) in [5.74, 6) is 0. The van der Waals surface area contributed by atoms with Crippen LogP contribution in [0.5, 0.6) is 0 Å². The molecule has 1 unspecified atom stereocenters. The fourth-order valence-electron chi connectivity index (χ4n) is 2.37. The van der Waals surface area contributed by atoms with Crippen LogP contribution in [0.25, 0.3) is 9.88 Å². The highest BCUT2D eigenvalue weighted by Gasteiger charge is 2.24. The first kappa shape index (κ1) is 12.8. The predicted molar refractivity (Wildman–Crippen MR) is 82.6 cm³/mol. The normalized spacial score (nSPS) is 18.9. The van der Waals surface area contributed by atoms with E-state index in [0.29, 0.717) is 6.04 Å². The predicted octanol–water partition coefficient (Wildman–Crippen LogP) is 4.54. The highest BCUT2D eigenvalue weighted by Crippen LogP contribution is 2.40. The summed E-state index contributed by atoms with van der Waals surface area (Å²) in [5, 5.41) is 4.56. The molecule has 0 bridgehead atoms. The molecule has 1 aliphatic carbocycles. The lowest BCUT2D eigenvalue weighted by Gasteiger charge is -2.19. The molecule has 2 nitrogen and oxygen atoms in total. The summed E-state index contributed by atoms with van der Waals surface area (Å²) in [6, 6.07) is 2.64. The molecule has 18 heavy (non-hydrogen) atoms. The lowest BCUT2D eigenvalue weighted by Crippen LogP contribution is -2.21. The van der Waals surface area contributed by atoms with Crippen LogP contribution in [-0.2, 0) is 6.42 Å². The molecular formula is C13H15BrN2S2. The van der Waals surface area contributed by atoms with Crippen molar-refractivity contribution in [2.75, 3.05) is 7.05 Å². The zero-order valence-electron chi connectivity index (χ0n) is 10.4. The minimum absolute atomic E-state index is 0.447. The third kappa shape index (κ3) is 2.18. The first-order chi connectivity index (χ1) is 8.69. The van der Waals surface area contributed by atoms with Crippen molar-refractivity contribution in [1.29, 1.82) is 0 Å². The highest BCUT2D eigenvalue weighted by atomic mass is 79.9. The Kier molecular flexibility index (Phi) is 3.58. The zero-order valence-corrected chi connectivity index (χ0v) is 13.6. The van der Waals surface area contributed by atoms with Crippen LogP contribution < -0.4 is 5.32 Å². The first-order valence-corrected chi connectivity index (χ1v) is 8.55. The van der Waals surface area contributed by atoms with E-state index in [1.807, 2.05) is 29.7 Å². The molecule has 1 aliphatic rings. The largest absolute Gasteiger partial charge is 0.312 e. The highest BCUT2D eigenvalue weighted by molar-refractivity contribution is 9.10. The molecule has 1 atom stereocenters. The van der Waals surface area contributed by atoms with Crippen LogP contribution in [0.4, 0.5) is 0 Å². The fourth-order valence-corrected chi connectivity index (χ4v) is 5.12. The molecule has 0 amide bonds. The number of aromatic nitrogens is 1. The van der Waals surface area contributed by atoms with E-state index in [2.05, 4.69) is 34.2 Å². The number of nitrogens with zero attached hydrogens (tertiary/aromatic N) is 1. The van der Waals surface area contributed by atoms with Crippen molar-refractivity contribution in [1.82, 2.24) is 10.3 Å². The van der Waals surface area contributed by atoms with Gasteiger partial charge in [0, 0.05) is 14.2 Å². The van der Waals surface area contributed by atoms with Gasteiger partial charge >= 0.3 is 0 Å².